The summed E-state index contributed by atoms with van der Waals surface area (Å²) in [5.74, 6) is -0.245. The molecular formula is C16H18N2O3. The Morgan fingerprint density at radius 2 is 2.00 bits per heavy atom. The number of rotatable bonds is 2. The highest BCUT2D eigenvalue weighted by Gasteiger charge is 2.19. The molecule has 21 heavy (non-hydrogen) atoms. The van der Waals surface area contributed by atoms with Crippen molar-refractivity contribution >= 4 is 0 Å². The van der Waals surface area contributed by atoms with Crippen molar-refractivity contribution in [2.24, 2.45) is 0 Å². The van der Waals surface area contributed by atoms with Gasteiger partial charge in [0, 0.05) is 0 Å². The minimum atomic E-state index is -0.589. The Bertz CT molecular complexity index is 802. The quantitative estimate of drug-likeness (QED) is 0.882. The first-order valence-corrected chi connectivity index (χ1v) is 7.31. The van der Waals surface area contributed by atoms with Crippen LogP contribution < -0.4 is 11.2 Å². The third-order valence-electron chi connectivity index (χ3n) is 4.15. The lowest BCUT2D eigenvalue weighted by atomic mass is 9.90. The number of aryl methyl sites for hydroxylation is 1. The van der Waals surface area contributed by atoms with E-state index in [4.69, 9.17) is 0 Å². The smallest absolute Gasteiger partial charge is 0.335 e. The first kappa shape index (κ1) is 13.7. The van der Waals surface area contributed by atoms with Gasteiger partial charge in [-0.3, -0.25) is 9.78 Å². The second-order valence-corrected chi connectivity index (χ2v) is 5.37. The highest BCUT2D eigenvalue weighted by Crippen LogP contribution is 2.28. The number of aromatic hydroxyl groups is 1. The Balaban J connectivity index is 2.32. The summed E-state index contributed by atoms with van der Waals surface area (Å²) in [4.78, 5) is 26.2. The van der Waals surface area contributed by atoms with Crippen LogP contribution in [0.15, 0.2) is 27.8 Å². The summed E-state index contributed by atoms with van der Waals surface area (Å²) in [6, 6.07) is 5.78. The minimum absolute atomic E-state index is 0.239. The molecule has 5 nitrogen and oxygen atoms in total. The van der Waals surface area contributed by atoms with Gasteiger partial charge in [0.1, 0.15) is 0 Å². The average molecular weight is 286 g/mol. The number of H-pyrrole nitrogens is 1. The molecular weight excluding hydrogens is 268 g/mol. The van der Waals surface area contributed by atoms with E-state index >= 15 is 0 Å². The van der Waals surface area contributed by atoms with Crippen molar-refractivity contribution in [1.82, 2.24) is 9.55 Å². The normalized spacial score (nSPS) is 14.0. The lowest BCUT2D eigenvalue weighted by Crippen LogP contribution is -2.32. The molecule has 1 aliphatic carbocycles. The average Bonchev–Trinajstić information content (AvgIpc) is 2.47. The molecule has 0 saturated carbocycles. The monoisotopic (exact) mass is 286 g/mol. The van der Waals surface area contributed by atoms with Gasteiger partial charge in [0.15, 0.2) is 0 Å². The SMILES string of the molecule is CCc1c(O)n(-c2cccc3c2CCCC3)c(=O)[nH]c1=O. The fraction of sp³-hybridized carbons (Fsp3) is 0.375. The molecule has 0 unspecified atom stereocenters. The second kappa shape index (κ2) is 5.24. The van der Waals surface area contributed by atoms with Crippen molar-refractivity contribution in [3.8, 4) is 11.6 Å². The summed E-state index contributed by atoms with van der Waals surface area (Å²) in [6.45, 7) is 1.78. The molecule has 1 aliphatic rings. The third-order valence-corrected chi connectivity index (χ3v) is 4.15. The van der Waals surface area contributed by atoms with Crippen molar-refractivity contribution < 1.29 is 5.11 Å². The number of aromatic amines is 1. The molecule has 0 aliphatic heterocycles. The second-order valence-electron chi connectivity index (χ2n) is 5.37. The minimum Gasteiger partial charge on any atom is -0.494 e. The maximum Gasteiger partial charge on any atom is 0.335 e. The van der Waals surface area contributed by atoms with Crippen molar-refractivity contribution in [2.45, 2.75) is 39.0 Å². The topological polar surface area (TPSA) is 75.1 Å². The van der Waals surface area contributed by atoms with Gasteiger partial charge in [-0.1, -0.05) is 19.1 Å². The molecule has 1 aromatic heterocycles. The largest absolute Gasteiger partial charge is 0.494 e. The maximum absolute atomic E-state index is 12.2. The lowest BCUT2D eigenvalue weighted by Gasteiger charge is -2.21. The Labute approximate surface area is 121 Å². The Morgan fingerprint density at radius 1 is 1.24 bits per heavy atom. The maximum atomic E-state index is 12.2. The van der Waals surface area contributed by atoms with E-state index in [1.165, 1.54) is 10.1 Å². The van der Waals surface area contributed by atoms with Crippen molar-refractivity contribution in [2.75, 3.05) is 0 Å². The van der Waals surface area contributed by atoms with Gasteiger partial charge in [-0.25, -0.2) is 9.36 Å². The molecule has 1 aromatic carbocycles. The zero-order valence-corrected chi connectivity index (χ0v) is 12.0. The van der Waals surface area contributed by atoms with E-state index in [-0.39, 0.29) is 11.4 Å². The Morgan fingerprint density at radius 3 is 2.76 bits per heavy atom. The first-order chi connectivity index (χ1) is 10.1. The predicted octanol–water partition coefficient (Wildman–Crippen LogP) is 1.67. The molecule has 3 rings (SSSR count). The zero-order chi connectivity index (χ0) is 15.0. The van der Waals surface area contributed by atoms with Crippen LogP contribution in [0, 0.1) is 0 Å². The number of nitrogens with zero attached hydrogens (tertiary/aromatic N) is 1. The van der Waals surface area contributed by atoms with Gasteiger partial charge in [0.2, 0.25) is 5.88 Å². The highest BCUT2D eigenvalue weighted by atomic mass is 16.3. The van der Waals surface area contributed by atoms with E-state index < -0.39 is 11.2 Å². The van der Waals surface area contributed by atoms with Crippen LogP contribution in [-0.4, -0.2) is 14.7 Å². The number of nitrogens with one attached hydrogen (secondary N) is 1. The van der Waals surface area contributed by atoms with E-state index in [0.717, 1.165) is 31.2 Å². The van der Waals surface area contributed by atoms with Crippen LogP contribution >= 0.6 is 0 Å². The molecule has 0 spiro atoms. The van der Waals surface area contributed by atoms with E-state index in [2.05, 4.69) is 11.1 Å². The van der Waals surface area contributed by atoms with Gasteiger partial charge < -0.3 is 5.11 Å². The Hall–Kier alpha value is -2.30. The number of fused-ring (bicyclic) bond motifs is 1. The Kier molecular flexibility index (Phi) is 3.41. The van der Waals surface area contributed by atoms with Crippen LogP contribution in [0.2, 0.25) is 0 Å². The summed E-state index contributed by atoms with van der Waals surface area (Å²) >= 11 is 0. The van der Waals surface area contributed by atoms with E-state index in [9.17, 15) is 14.7 Å². The number of benzene rings is 1. The zero-order valence-electron chi connectivity index (χ0n) is 12.0. The predicted molar refractivity (Wildman–Crippen MR) is 80.3 cm³/mol. The van der Waals surface area contributed by atoms with Crippen LogP contribution in [0.25, 0.3) is 5.69 Å². The summed E-state index contributed by atoms with van der Waals surface area (Å²) in [7, 11) is 0. The van der Waals surface area contributed by atoms with Crippen molar-refractivity contribution in [3.63, 3.8) is 0 Å². The molecule has 5 heteroatoms. The third kappa shape index (κ3) is 2.18. The molecule has 2 aromatic rings. The number of hydrogen-bond donors (Lipinski definition) is 2. The van der Waals surface area contributed by atoms with Gasteiger partial charge in [-0.05, 0) is 49.3 Å². The van der Waals surface area contributed by atoms with Crippen LogP contribution in [-0.2, 0) is 19.3 Å². The summed E-state index contributed by atoms with van der Waals surface area (Å²) in [5.41, 5.74) is 2.13. The molecule has 0 bridgehead atoms. The van der Waals surface area contributed by atoms with Crippen molar-refractivity contribution in [3.05, 3.63) is 55.7 Å². The van der Waals surface area contributed by atoms with Gasteiger partial charge >= 0.3 is 5.69 Å². The molecule has 0 atom stereocenters. The standard InChI is InChI=1S/C16H18N2O3/c1-2-11-14(19)17-16(21)18(15(11)20)13-9-5-7-10-6-3-4-8-12(10)13/h5,7,9,20H,2-4,6,8H2,1H3,(H,17,19,21). The van der Waals surface area contributed by atoms with Crippen LogP contribution in [0.4, 0.5) is 0 Å². The molecule has 0 radical (unpaired) electrons. The van der Waals surface area contributed by atoms with Crippen LogP contribution in [0.5, 0.6) is 5.88 Å². The molecule has 0 saturated heterocycles. The number of hydrogen-bond acceptors (Lipinski definition) is 3. The first-order valence-electron chi connectivity index (χ1n) is 7.31. The molecule has 0 amide bonds. The molecule has 2 N–H and O–H groups in total. The molecule has 110 valence electrons. The molecule has 0 fully saturated rings. The van der Waals surface area contributed by atoms with Gasteiger partial charge in [0.25, 0.3) is 5.56 Å². The summed E-state index contributed by atoms with van der Waals surface area (Å²) in [6.07, 6.45) is 4.46. The van der Waals surface area contributed by atoms with E-state index in [1.807, 2.05) is 12.1 Å². The summed E-state index contributed by atoms with van der Waals surface area (Å²) < 4.78 is 1.23. The highest BCUT2D eigenvalue weighted by molar-refractivity contribution is 5.49. The van der Waals surface area contributed by atoms with E-state index in [1.54, 1.807) is 6.92 Å². The van der Waals surface area contributed by atoms with Gasteiger partial charge in [-0.15, -0.1) is 0 Å². The number of aromatic nitrogens is 2. The van der Waals surface area contributed by atoms with Crippen molar-refractivity contribution in [1.29, 1.82) is 0 Å². The van der Waals surface area contributed by atoms with E-state index in [0.29, 0.717) is 12.1 Å². The van der Waals surface area contributed by atoms with Crippen LogP contribution in [0.1, 0.15) is 36.5 Å². The summed E-state index contributed by atoms with van der Waals surface area (Å²) in [5, 5.41) is 10.3. The lowest BCUT2D eigenvalue weighted by molar-refractivity contribution is 0.423. The fourth-order valence-electron chi connectivity index (χ4n) is 3.07. The molecule has 1 heterocycles. The van der Waals surface area contributed by atoms with Crippen LogP contribution in [0.3, 0.4) is 0 Å². The van der Waals surface area contributed by atoms with Gasteiger partial charge in [0.05, 0.1) is 11.3 Å². The fourth-order valence-corrected chi connectivity index (χ4v) is 3.07. The van der Waals surface area contributed by atoms with Gasteiger partial charge in [-0.2, -0.15) is 0 Å².